The molecule has 5 aromatic rings. The summed E-state index contributed by atoms with van der Waals surface area (Å²) in [4.78, 5) is 28.7. The molecule has 0 unspecified atom stereocenters. The molecule has 0 aliphatic carbocycles. The topological polar surface area (TPSA) is 92.7 Å². The third-order valence-electron chi connectivity index (χ3n) is 5.86. The van der Waals surface area contributed by atoms with Gasteiger partial charge in [0.2, 0.25) is 0 Å². The number of pyridine rings is 1. The van der Waals surface area contributed by atoms with Crippen molar-refractivity contribution in [2.45, 2.75) is 13.0 Å². The van der Waals surface area contributed by atoms with E-state index in [9.17, 15) is 0 Å². The third-order valence-corrected chi connectivity index (χ3v) is 5.86. The largest absolute Gasteiger partial charge is 0.377 e. The molecule has 1 saturated heterocycles. The van der Waals surface area contributed by atoms with Crippen LogP contribution in [0.25, 0.3) is 44.6 Å². The number of morpholine rings is 1. The zero-order chi connectivity index (χ0) is 21.5. The normalized spacial score (nSPS) is 16.7. The van der Waals surface area contributed by atoms with Crippen LogP contribution in [0.4, 0.5) is 5.82 Å². The first-order valence-electron chi connectivity index (χ1n) is 10.6. The van der Waals surface area contributed by atoms with Gasteiger partial charge in [0.15, 0.2) is 11.6 Å². The molecule has 4 aromatic heterocycles. The van der Waals surface area contributed by atoms with E-state index >= 15 is 0 Å². The van der Waals surface area contributed by atoms with E-state index in [0.29, 0.717) is 19.0 Å². The Morgan fingerprint density at radius 3 is 2.81 bits per heavy atom. The third kappa shape index (κ3) is 3.16. The van der Waals surface area contributed by atoms with Crippen LogP contribution in [0, 0.1) is 0 Å². The van der Waals surface area contributed by atoms with Crippen molar-refractivity contribution in [1.29, 1.82) is 0 Å². The Kier molecular flexibility index (Phi) is 4.50. The van der Waals surface area contributed by atoms with Gasteiger partial charge in [-0.1, -0.05) is 12.1 Å². The molecule has 1 atom stereocenters. The first-order valence-corrected chi connectivity index (χ1v) is 10.6. The Morgan fingerprint density at radius 2 is 1.94 bits per heavy atom. The summed E-state index contributed by atoms with van der Waals surface area (Å²) in [5.74, 6) is 1.51. The summed E-state index contributed by atoms with van der Waals surface area (Å²) in [7, 11) is 0. The first kappa shape index (κ1) is 18.8. The van der Waals surface area contributed by atoms with Crippen molar-refractivity contribution < 1.29 is 4.74 Å². The van der Waals surface area contributed by atoms with Crippen molar-refractivity contribution in [2.24, 2.45) is 0 Å². The average molecular weight is 423 g/mol. The van der Waals surface area contributed by atoms with Crippen LogP contribution in [0.15, 0.2) is 61.3 Å². The minimum atomic E-state index is 0.184. The van der Waals surface area contributed by atoms with Crippen LogP contribution in [0.3, 0.4) is 0 Å². The maximum atomic E-state index is 5.67. The van der Waals surface area contributed by atoms with E-state index in [2.05, 4.69) is 45.0 Å². The number of aromatic nitrogens is 6. The van der Waals surface area contributed by atoms with Gasteiger partial charge in [-0.15, -0.1) is 0 Å². The molecule has 1 N–H and O–H groups in total. The quantitative estimate of drug-likeness (QED) is 0.471. The van der Waals surface area contributed by atoms with E-state index in [1.165, 1.54) is 6.33 Å². The van der Waals surface area contributed by atoms with Gasteiger partial charge in [0.05, 0.1) is 30.5 Å². The van der Waals surface area contributed by atoms with Gasteiger partial charge in [-0.3, -0.25) is 0 Å². The molecule has 5 heterocycles. The Bertz CT molecular complexity index is 1420. The standard InChI is InChI=1S/C24H21N7O/c1-15-13-32-10-9-31(15)24-22-21(6-5-19(28-22)16-11-25-14-26-12-16)29-23(30-24)18-3-2-4-20-17(18)7-8-27-20/h2-8,11-12,14-15,27H,9-10,13H2,1H3/t15-/m1/s1. The number of rotatable bonds is 3. The maximum absolute atomic E-state index is 5.67. The highest BCUT2D eigenvalue weighted by atomic mass is 16.5. The molecular weight excluding hydrogens is 402 g/mol. The lowest BCUT2D eigenvalue weighted by Crippen LogP contribution is -2.44. The number of anilines is 1. The monoisotopic (exact) mass is 423 g/mol. The summed E-state index contributed by atoms with van der Waals surface area (Å²) in [6, 6.07) is 12.3. The molecule has 0 radical (unpaired) electrons. The Balaban J connectivity index is 1.59. The van der Waals surface area contributed by atoms with Crippen molar-refractivity contribution in [3.05, 3.63) is 61.3 Å². The molecule has 32 heavy (non-hydrogen) atoms. The van der Waals surface area contributed by atoms with Crippen LogP contribution in [0.1, 0.15) is 6.92 Å². The van der Waals surface area contributed by atoms with Gasteiger partial charge >= 0.3 is 0 Å². The smallest absolute Gasteiger partial charge is 0.162 e. The molecule has 0 bridgehead atoms. The van der Waals surface area contributed by atoms with Crippen molar-refractivity contribution >= 4 is 27.8 Å². The van der Waals surface area contributed by atoms with Crippen LogP contribution < -0.4 is 4.90 Å². The predicted molar refractivity (Wildman–Crippen MR) is 123 cm³/mol. The van der Waals surface area contributed by atoms with Gasteiger partial charge in [0.25, 0.3) is 0 Å². The molecule has 1 aliphatic rings. The molecule has 8 nitrogen and oxygen atoms in total. The van der Waals surface area contributed by atoms with Gasteiger partial charge in [-0.25, -0.2) is 24.9 Å². The molecular formula is C24H21N7O. The molecule has 1 fully saturated rings. The summed E-state index contributed by atoms with van der Waals surface area (Å²) in [5, 5.41) is 1.10. The fourth-order valence-corrected chi connectivity index (χ4v) is 4.23. The van der Waals surface area contributed by atoms with Crippen LogP contribution >= 0.6 is 0 Å². The molecule has 0 amide bonds. The van der Waals surface area contributed by atoms with Crippen LogP contribution in [-0.4, -0.2) is 55.7 Å². The zero-order valence-electron chi connectivity index (χ0n) is 17.6. The van der Waals surface area contributed by atoms with Crippen molar-refractivity contribution in [1.82, 2.24) is 29.9 Å². The highest BCUT2D eigenvalue weighted by Crippen LogP contribution is 2.32. The fourth-order valence-electron chi connectivity index (χ4n) is 4.23. The predicted octanol–water partition coefficient (Wildman–Crippen LogP) is 3.86. The second kappa shape index (κ2) is 7.65. The molecule has 1 aliphatic heterocycles. The van der Waals surface area contributed by atoms with Crippen molar-refractivity contribution in [2.75, 3.05) is 24.7 Å². The van der Waals surface area contributed by atoms with Crippen molar-refractivity contribution in [3.63, 3.8) is 0 Å². The lowest BCUT2D eigenvalue weighted by Gasteiger charge is -2.34. The van der Waals surface area contributed by atoms with E-state index in [1.807, 2.05) is 24.4 Å². The molecule has 0 spiro atoms. The highest BCUT2D eigenvalue weighted by molar-refractivity contribution is 5.96. The number of aromatic amines is 1. The lowest BCUT2D eigenvalue weighted by molar-refractivity contribution is 0.0987. The zero-order valence-corrected chi connectivity index (χ0v) is 17.6. The maximum Gasteiger partial charge on any atom is 0.162 e. The molecule has 158 valence electrons. The van der Waals surface area contributed by atoms with Gasteiger partial charge in [0, 0.05) is 47.2 Å². The number of nitrogens with zero attached hydrogens (tertiary/aromatic N) is 6. The fraction of sp³-hybridized carbons (Fsp3) is 0.208. The number of nitrogens with one attached hydrogen (secondary N) is 1. The molecule has 1 aromatic carbocycles. The van der Waals surface area contributed by atoms with Crippen LogP contribution in [0.5, 0.6) is 0 Å². The second-order valence-corrected chi connectivity index (χ2v) is 7.92. The lowest BCUT2D eigenvalue weighted by atomic mass is 10.1. The number of hydrogen-bond acceptors (Lipinski definition) is 7. The van der Waals surface area contributed by atoms with E-state index in [0.717, 1.165) is 51.1 Å². The molecule has 8 heteroatoms. The summed E-state index contributed by atoms with van der Waals surface area (Å²) in [5.41, 5.74) is 5.28. The number of hydrogen-bond donors (Lipinski definition) is 1. The van der Waals surface area contributed by atoms with Gasteiger partial charge in [0.1, 0.15) is 11.8 Å². The molecule has 6 rings (SSSR count). The Morgan fingerprint density at radius 1 is 1.03 bits per heavy atom. The number of benzene rings is 1. The number of ether oxygens (including phenoxy) is 1. The summed E-state index contributed by atoms with van der Waals surface area (Å²) in [6.45, 7) is 4.21. The summed E-state index contributed by atoms with van der Waals surface area (Å²) >= 11 is 0. The highest BCUT2D eigenvalue weighted by Gasteiger charge is 2.25. The van der Waals surface area contributed by atoms with Gasteiger partial charge in [-0.2, -0.15) is 0 Å². The van der Waals surface area contributed by atoms with E-state index in [-0.39, 0.29) is 6.04 Å². The van der Waals surface area contributed by atoms with Crippen LogP contribution in [-0.2, 0) is 4.74 Å². The van der Waals surface area contributed by atoms with Gasteiger partial charge in [-0.05, 0) is 31.2 Å². The van der Waals surface area contributed by atoms with E-state index in [1.54, 1.807) is 12.4 Å². The Hall–Kier alpha value is -3.91. The van der Waals surface area contributed by atoms with E-state index < -0.39 is 0 Å². The Labute approximate surface area is 184 Å². The van der Waals surface area contributed by atoms with E-state index in [4.69, 9.17) is 19.7 Å². The van der Waals surface area contributed by atoms with Crippen molar-refractivity contribution in [3.8, 4) is 22.6 Å². The number of fused-ring (bicyclic) bond motifs is 2. The average Bonchev–Trinajstić information content (AvgIpc) is 3.33. The first-order chi connectivity index (χ1) is 15.8. The minimum Gasteiger partial charge on any atom is -0.377 e. The minimum absolute atomic E-state index is 0.184. The second-order valence-electron chi connectivity index (χ2n) is 7.92. The SMILES string of the molecule is C[C@@H]1COCCN1c1nc(-c2cccc3[nH]ccc23)nc2ccc(-c3cncnc3)nc12. The molecule has 0 saturated carbocycles. The summed E-state index contributed by atoms with van der Waals surface area (Å²) < 4.78 is 5.67. The van der Waals surface area contributed by atoms with Crippen LogP contribution in [0.2, 0.25) is 0 Å². The van der Waals surface area contributed by atoms with Gasteiger partial charge < -0.3 is 14.6 Å². The number of H-pyrrole nitrogens is 1. The summed E-state index contributed by atoms with van der Waals surface area (Å²) in [6.07, 6.45) is 6.98.